The maximum absolute atomic E-state index is 11.5. The van der Waals surface area contributed by atoms with Crippen molar-refractivity contribution in [1.29, 1.82) is 0 Å². The van der Waals surface area contributed by atoms with E-state index in [9.17, 15) is 15.0 Å². The molecule has 0 fully saturated rings. The lowest BCUT2D eigenvalue weighted by atomic mass is 10.0. The van der Waals surface area contributed by atoms with Gasteiger partial charge in [-0.05, 0) is 28.8 Å². The molecule has 1 amide bonds. The van der Waals surface area contributed by atoms with E-state index in [-0.39, 0.29) is 11.3 Å². The summed E-state index contributed by atoms with van der Waals surface area (Å²) in [5.74, 6) is -0.911. The Hall–Kier alpha value is -3.15. The second kappa shape index (κ2) is 9.17. The quantitative estimate of drug-likeness (QED) is 0.563. The van der Waals surface area contributed by atoms with E-state index in [1.54, 1.807) is 6.07 Å². The molecule has 1 atom stereocenters. The number of carbonyl (C=O) groups is 1. The molecule has 5 heteroatoms. The largest absolute Gasteiger partial charge is 0.507 e. The molecule has 0 aliphatic carbocycles. The number of aliphatic hydroxyl groups is 1. The molecule has 0 spiro atoms. The van der Waals surface area contributed by atoms with Gasteiger partial charge in [0.25, 0.3) is 5.91 Å². The van der Waals surface area contributed by atoms with Gasteiger partial charge < -0.3 is 15.9 Å². The van der Waals surface area contributed by atoms with Crippen molar-refractivity contribution < 1.29 is 15.0 Å². The summed E-state index contributed by atoms with van der Waals surface area (Å²) in [4.78, 5) is 13.6. The van der Waals surface area contributed by atoms with Crippen molar-refractivity contribution in [2.24, 2.45) is 5.73 Å². The Balaban J connectivity index is 1.79. The van der Waals surface area contributed by atoms with Crippen LogP contribution in [0.15, 0.2) is 78.9 Å². The van der Waals surface area contributed by atoms with E-state index in [0.717, 1.165) is 11.1 Å². The van der Waals surface area contributed by atoms with E-state index in [0.29, 0.717) is 25.2 Å². The van der Waals surface area contributed by atoms with Crippen molar-refractivity contribution in [2.75, 3.05) is 6.54 Å². The number of rotatable bonds is 8. The van der Waals surface area contributed by atoms with Gasteiger partial charge in [-0.1, -0.05) is 66.7 Å². The number of benzene rings is 3. The average molecular weight is 376 g/mol. The second-order valence-electron chi connectivity index (χ2n) is 6.80. The Kier molecular flexibility index (Phi) is 6.42. The third kappa shape index (κ3) is 5.19. The van der Waals surface area contributed by atoms with Gasteiger partial charge in [-0.25, -0.2) is 0 Å². The van der Waals surface area contributed by atoms with Crippen molar-refractivity contribution in [2.45, 2.75) is 19.2 Å². The smallest absolute Gasteiger partial charge is 0.252 e. The van der Waals surface area contributed by atoms with Crippen LogP contribution in [-0.4, -0.2) is 27.6 Å². The summed E-state index contributed by atoms with van der Waals surface area (Å²) in [6.07, 6.45) is -0.828. The van der Waals surface area contributed by atoms with Crippen molar-refractivity contribution in [3.8, 4) is 5.75 Å². The molecule has 3 aromatic rings. The maximum atomic E-state index is 11.5. The van der Waals surface area contributed by atoms with Crippen LogP contribution in [0.25, 0.3) is 0 Å². The van der Waals surface area contributed by atoms with E-state index < -0.39 is 12.0 Å². The molecule has 4 N–H and O–H groups in total. The number of nitrogens with zero attached hydrogens (tertiary/aromatic N) is 1. The molecule has 0 saturated carbocycles. The molecule has 144 valence electrons. The molecular weight excluding hydrogens is 352 g/mol. The van der Waals surface area contributed by atoms with Gasteiger partial charge >= 0.3 is 0 Å². The number of amides is 1. The van der Waals surface area contributed by atoms with E-state index in [2.05, 4.69) is 29.2 Å². The number of phenols is 1. The lowest BCUT2D eigenvalue weighted by Crippen LogP contribution is -2.28. The first-order chi connectivity index (χ1) is 13.5. The van der Waals surface area contributed by atoms with Gasteiger partial charge in [-0.2, -0.15) is 0 Å². The predicted molar refractivity (Wildman–Crippen MR) is 109 cm³/mol. The fourth-order valence-electron chi connectivity index (χ4n) is 3.18. The zero-order chi connectivity index (χ0) is 19.9. The number of hydrogen-bond donors (Lipinski definition) is 3. The summed E-state index contributed by atoms with van der Waals surface area (Å²) >= 11 is 0. The highest BCUT2D eigenvalue weighted by molar-refractivity contribution is 5.95. The lowest BCUT2D eigenvalue weighted by Gasteiger charge is -2.26. The number of primary amides is 1. The molecule has 0 saturated heterocycles. The van der Waals surface area contributed by atoms with Crippen LogP contribution in [0.5, 0.6) is 5.75 Å². The molecule has 0 heterocycles. The zero-order valence-corrected chi connectivity index (χ0v) is 15.5. The topological polar surface area (TPSA) is 86.8 Å². The molecular formula is C23H24N2O3. The Morgan fingerprint density at radius 3 is 1.93 bits per heavy atom. The maximum Gasteiger partial charge on any atom is 0.252 e. The van der Waals surface area contributed by atoms with Gasteiger partial charge in [0.2, 0.25) is 0 Å². The fraction of sp³-hybridized carbons (Fsp3) is 0.174. The number of aliphatic hydroxyl groups excluding tert-OH is 1. The minimum atomic E-state index is -0.828. The van der Waals surface area contributed by atoms with Gasteiger partial charge in [0.05, 0.1) is 11.7 Å². The first kappa shape index (κ1) is 19.6. The number of aromatic hydroxyl groups is 1. The van der Waals surface area contributed by atoms with E-state index in [1.165, 1.54) is 12.1 Å². The minimum absolute atomic E-state index is 0.00854. The Morgan fingerprint density at radius 2 is 1.43 bits per heavy atom. The Bertz CT molecular complexity index is 872. The molecule has 5 nitrogen and oxygen atoms in total. The Morgan fingerprint density at radius 1 is 0.893 bits per heavy atom. The molecule has 0 bridgehead atoms. The van der Waals surface area contributed by atoms with Crippen molar-refractivity contribution in [1.82, 2.24) is 4.90 Å². The SMILES string of the molecule is NC(=O)c1cc([C@@H](O)CN(Cc2ccccc2)Cc2ccccc2)ccc1O. The number of hydrogen-bond acceptors (Lipinski definition) is 4. The summed E-state index contributed by atoms with van der Waals surface area (Å²) in [6, 6.07) is 24.6. The highest BCUT2D eigenvalue weighted by Gasteiger charge is 2.17. The average Bonchev–Trinajstić information content (AvgIpc) is 2.69. The second-order valence-corrected chi connectivity index (χ2v) is 6.80. The van der Waals surface area contributed by atoms with Crippen LogP contribution in [0.1, 0.15) is 33.2 Å². The van der Waals surface area contributed by atoms with E-state index in [1.807, 2.05) is 36.4 Å². The van der Waals surface area contributed by atoms with E-state index >= 15 is 0 Å². The number of carbonyl (C=O) groups excluding carboxylic acids is 1. The van der Waals surface area contributed by atoms with Crippen LogP contribution in [0.4, 0.5) is 0 Å². The van der Waals surface area contributed by atoms with Gasteiger partial charge in [0.15, 0.2) is 0 Å². The molecule has 0 aliphatic rings. The van der Waals surface area contributed by atoms with Crippen molar-refractivity contribution >= 4 is 5.91 Å². The normalized spacial score (nSPS) is 12.1. The highest BCUT2D eigenvalue weighted by atomic mass is 16.3. The third-order valence-corrected chi connectivity index (χ3v) is 4.60. The lowest BCUT2D eigenvalue weighted by molar-refractivity contribution is 0.0993. The molecule has 0 aliphatic heterocycles. The van der Waals surface area contributed by atoms with Crippen LogP contribution in [0.2, 0.25) is 0 Å². The summed E-state index contributed by atoms with van der Waals surface area (Å²) in [7, 11) is 0. The van der Waals surface area contributed by atoms with Gasteiger partial charge in [-0.3, -0.25) is 9.69 Å². The summed E-state index contributed by atoms with van der Waals surface area (Å²) in [5, 5.41) is 20.5. The van der Waals surface area contributed by atoms with Crippen LogP contribution in [0, 0.1) is 0 Å². The van der Waals surface area contributed by atoms with Crippen LogP contribution >= 0.6 is 0 Å². The van der Waals surface area contributed by atoms with Gasteiger partial charge in [-0.15, -0.1) is 0 Å². The summed E-state index contributed by atoms with van der Waals surface area (Å²) in [6.45, 7) is 1.72. The van der Waals surface area contributed by atoms with Crippen molar-refractivity contribution in [3.63, 3.8) is 0 Å². The first-order valence-electron chi connectivity index (χ1n) is 9.14. The third-order valence-electron chi connectivity index (χ3n) is 4.60. The zero-order valence-electron chi connectivity index (χ0n) is 15.5. The monoisotopic (exact) mass is 376 g/mol. The molecule has 0 unspecified atom stereocenters. The summed E-state index contributed by atoms with van der Waals surface area (Å²) < 4.78 is 0. The first-order valence-corrected chi connectivity index (χ1v) is 9.14. The summed E-state index contributed by atoms with van der Waals surface area (Å²) in [5.41, 5.74) is 8.14. The molecule has 0 aromatic heterocycles. The van der Waals surface area contributed by atoms with Crippen LogP contribution in [-0.2, 0) is 13.1 Å². The van der Waals surface area contributed by atoms with Gasteiger partial charge in [0, 0.05) is 19.6 Å². The minimum Gasteiger partial charge on any atom is -0.507 e. The molecule has 0 radical (unpaired) electrons. The molecule has 3 rings (SSSR count). The molecule has 3 aromatic carbocycles. The predicted octanol–water partition coefficient (Wildman–Crippen LogP) is 3.23. The van der Waals surface area contributed by atoms with Crippen molar-refractivity contribution in [3.05, 3.63) is 101 Å². The van der Waals surface area contributed by atoms with Crippen LogP contribution in [0.3, 0.4) is 0 Å². The van der Waals surface area contributed by atoms with Crippen LogP contribution < -0.4 is 5.73 Å². The Labute approximate surface area is 164 Å². The fourth-order valence-corrected chi connectivity index (χ4v) is 3.18. The van der Waals surface area contributed by atoms with Gasteiger partial charge in [0.1, 0.15) is 5.75 Å². The van der Waals surface area contributed by atoms with E-state index in [4.69, 9.17) is 5.73 Å². The standard InChI is InChI=1S/C23H24N2O3/c24-23(28)20-13-19(11-12-21(20)26)22(27)16-25(14-17-7-3-1-4-8-17)15-18-9-5-2-6-10-18/h1-13,22,26-27H,14-16H2,(H2,24,28)/t22-/m0/s1. The number of nitrogens with two attached hydrogens (primary N) is 1. The highest BCUT2D eigenvalue weighted by Crippen LogP contribution is 2.24. The molecule has 28 heavy (non-hydrogen) atoms.